The Morgan fingerprint density at radius 2 is 1.95 bits per heavy atom. The van der Waals surface area contributed by atoms with E-state index in [0.717, 1.165) is 48.0 Å². The molecule has 2 N–H and O–H groups in total. The van der Waals surface area contributed by atoms with Crippen molar-refractivity contribution in [2.75, 3.05) is 5.32 Å². The minimum absolute atomic E-state index is 0.149. The quantitative estimate of drug-likeness (QED) is 0.306. The zero-order valence-corrected chi connectivity index (χ0v) is 22.0. The summed E-state index contributed by atoms with van der Waals surface area (Å²) < 4.78 is 18.7. The van der Waals surface area contributed by atoms with Crippen LogP contribution in [0.5, 0.6) is 0 Å². The number of fused-ring (bicyclic) bond motifs is 4. The van der Waals surface area contributed by atoms with Gasteiger partial charge in [-0.3, -0.25) is 13.9 Å². The smallest absolute Gasteiger partial charge is 0.337 e. The summed E-state index contributed by atoms with van der Waals surface area (Å²) in [5.41, 5.74) is 5.09. The summed E-state index contributed by atoms with van der Waals surface area (Å²) in [6, 6.07) is 11.5. The molecule has 0 amide bonds. The average molecular weight is 526 g/mol. The van der Waals surface area contributed by atoms with E-state index in [0.29, 0.717) is 33.7 Å². The molecule has 3 aromatic heterocycles. The molecule has 2 aromatic carbocycles. The number of anilines is 1. The standard InChI is InChI=1S/C30H28FN5O3/c1-16-12-21(18(3)32-24-9-5-4-8-20(24)30(38)39)28-33-26(17(2)29(37)35(28)15-16)19-13-22-25-10-6-7-11-36(25)34-27(22)23(31)14-19/h4-5,8-9,12-15,18,32H,6-7,10-11H2,1-3H3,(H,38,39). The molecule has 6 rings (SSSR count). The molecule has 0 saturated carbocycles. The molecule has 1 aliphatic heterocycles. The summed E-state index contributed by atoms with van der Waals surface area (Å²) in [6.07, 6.45) is 4.61. The molecule has 5 aromatic rings. The number of nitrogens with one attached hydrogen (secondary N) is 1. The van der Waals surface area contributed by atoms with Gasteiger partial charge < -0.3 is 10.4 Å². The zero-order valence-electron chi connectivity index (χ0n) is 22.0. The van der Waals surface area contributed by atoms with E-state index in [-0.39, 0.29) is 17.2 Å². The minimum atomic E-state index is -1.04. The van der Waals surface area contributed by atoms with Gasteiger partial charge in [0, 0.05) is 46.2 Å². The second-order valence-corrected chi connectivity index (χ2v) is 10.3. The van der Waals surface area contributed by atoms with Gasteiger partial charge in [-0.2, -0.15) is 5.10 Å². The summed E-state index contributed by atoms with van der Waals surface area (Å²) in [6.45, 7) is 6.26. The Bertz CT molecular complexity index is 1860. The van der Waals surface area contributed by atoms with Crippen LogP contribution >= 0.6 is 0 Å². The highest BCUT2D eigenvalue weighted by molar-refractivity contribution is 5.94. The molecule has 1 aliphatic rings. The molecular weight excluding hydrogens is 497 g/mol. The second-order valence-electron chi connectivity index (χ2n) is 10.3. The van der Waals surface area contributed by atoms with Crippen molar-refractivity contribution < 1.29 is 14.3 Å². The van der Waals surface area contributed by atoms with Gasteiger partial charge in [-0.15, -0.1) is 0 Å². The first kappa shape index (κ1) is 24.8. The van der Waals surface area contributed by atoms with Crippen LogP contribution in [0.2, 0.25) is 0 Å². The lowest BCUT2D eigenvalue weighted by atomic mass is 10.0. The molecule has 9 heteroatoms. The Morgan fingerprint density at radius 1 is 1.15 bits per heavy atom. The first-order valence-electron chi connectivity index (χ1n) is 13.0. The highest BCUT2D eigenvalue weighted by Gasteiger charge is 2.22. The minimum Gasteiger partial charge on any atom is -0.478 e. The van der Waals surface area contributed by atoms with Crippen LogP contribution in [0, 0.1) is 19.7 Å². The number of benzene rings is 2. The van der Waals surface area contributed by atoms with Gasteiger partial charge in [-0.1, -0.05) is 12.1 Å². The lowest BCUT2D eigenvalue weighted by Gasteiger charge is -2.20. The number of halogens is 1. The number of carboxylic acids is 1. The van der Waals surface area contributed by atoms with Crippen molar-refractivity contribution in [2.24, 2.45) is 0 Å². The SMILES string of the molecule is Cc1cc(C(C)Nc2ccccc2C(=O)O)c2nc(-c3cc(F)c4nn5c(c4c3)CCCC5)c(C)c(=O)n2c1. The maximum absolute atomic E-state index is 15.3. The number of rotatable bonds is 5. The fourth-order valence-corrected chi connectivity index (χ4v) is 5.58. The number of aromatic nitrogens is 4. The van der Waals surface area contributed by atoms with Crippen LogP contribution in [0.25, 0.3) is 27.8 Å². The van der Waals surface area contributed by atoms with Crippen molar-refractivity contribution in [3.8, 4) is 11.3 Å². The van der Waals surface area contributed by atoms with Gasteiger partial charge >= 0.3 is 5.97 Å². The number of carboxylic acid groups (broad SMARTS) is 1. The van der Waals surface area contributed by atoms with Crippen LogP contribution in [0.4, 0.5) is 10.1 Å². The lowest BCUT2D eigenvalue weighted by Crippen LogP contribution is -2.22. The largest absolute Gasteiger partial charge is 0.478 e. The normalized spacial score (nSPS) is 13.9. The number of carbonyl (C=O) groups is 1. The predicted octanol–water partition coefficient (Wildman–Crippen LogP) is 5.67. The van der Waals surface area contributed by atoms with E-state index < -0.39 is 11.8 Å². The molecule has 0 aliphatic carbocycles. The molecule has 0 radical (unpaired) electrons. The summed E-state index contributed by atoms with van der Waals surface area (Å²) in [7, 11) is 0. The molecule has 0 bridgehead atoms. The van der Waals surface area contributed by atoms with Crippen molar-refractivity contribution in [3.63, 3.8) is 0 Å². The van der Waals surface area contributed by atoms with Gasteiger partial charge in [0.25, 0.3) is 5.56 Å². The Hall–Kier alpha value is -4.53. The van der Waals surface area contributed by atoms with Crippen LogP contribution in [-0.2, 0) is 13.0 Å². The van der Waals surface area contributed by atoms with E-state index in [4.69, 9.17) is 4.98 Å². The second kappa shape index (κ2) is 9.34. The van der Waals surface area contributed by atoms with E-state index >= 15 is 4.39 Å². The fraction of sp³-hybridized carbons (Fsp3) is 0.267. The Balaban J connectivity index is 1.53. The number of aromatic carboxylic acids is 1. The number of para-hydroxylation sites is 1. The molecule has 1 unspecified atom stereocenters. The molecule has 1 atom stereocenters. The highest BCUT2D eigenvalue weighted by Crippen LogP contribution is 2.32. The average Bonchev–Trinajstić information content (AvgIpc) is 3.30. The van der Waals surface area contributed by atoms with Crippen molar-refractivity contribution in [1.82, 2.24) is 19.2 Å². The molecule has 4 heterocycles. The summed E-state index contributed by atoms with van der Waals surface area (Å²) in [4.78, 5) is 30.3. The predicted molar refractivity (Wildman–Crippen MR) is 148 cm³/mol. The Kier molecular flexibility index (Phi) is 5.94. The third-order valence-corrected chi connectivity index (χ3v) is 7.52. The Morgan fingerprint density at radius 3 is 2.74 bits per heavy atom. The van der Waals surface area contributed by atoms with Crippen molar-refractivity contribution in [1.29, 1.82) is 0 Å². The van der Waals surface area contributed by atoms with E-state index in [1.807, 2.05) is 30.7 Å². The van der Waals surface area contributed by atoms with Crippen LogP contribution in [0.3, 0.4) is 0 Å². The number of hydrogen-bond acceptors (Lipinski definition) is 5. The number of aryl methyl sites for hydroxylation is 3. The van der Waals surface area contributed by atoms with Gasteiger partial charge in [-0.05, 0) is 75.9 Å². The van der Waals surface area contributed by atoms with Gasteiger partial charge in [0.1, 0.15) is 11.2 Å². The monoisotopic (exact) mass is 525 g/mol. The molecular formula is C30H28FN5O3. The summed E-state index contributed by atoms with van der Waals surface area (Å²) in [5.74, 6) is -1.47. The molecule has 0 spiro atoms. The van der Waals surface area contributed by atoms with Crippen LogP contribution in [0.15, 0.2) is 53.5 Å². The van der Waals surface area contributed by atoms with Gasteiger partial charge in [0.2, 0.25) is 0 Å². The number of hydrogen-bond donors (Lipinski definition) is 2. The Labute approximate surface area is 223 Å². The van der Waals surface area contributed by atoms with Crippen molar-refractivity contribution >= 4 is 28.2 Å². The topological polar surface area (TPSA) is 102 Å². The van der Waals surface area contributed by atoms with Crippen molar-refractivity contribution in [3.05, 3.63) is 92.8 Å². The van der Waals surface area contributed by atoms with Crippen molar-refractivity contribution in [2.45, 2.75) is 52.6 Å². The van der Waals surface area contributed by atoms with E-state index in [2.05, 4.69) is 10.4 Å². The maximum atomic E-state index is 15.3. The maximum Gasteiger partial charge on any atom is 0.337 e. The van der Waals surface area contributed by atoms with Crippen LogP contribution < -0.4 is 10.9 Å². The summed E-state index contributed by atoms with van der Waals surface area (Å²) >= 11 is 0. The third-order valence-electron chi connectivity index (χ3n) is 7.52. The van der Waals surface area contributed by atoms with E-state index in [1.54, 1.807) is 31.3 Å². The molecule has 198 valence electrons. The first-order valence-corrected chi connectivity index (χ1v) is 13.0. The van der Waals surface area contributed by atoms with Gasteiger partial charge in [-0.25, -0.2) is 14.2 Å². The molecule has 8 nitrogen and oxygen atoms in total. The molecule has 0 saturated heterocycles. The lowest BCUT2D eigenvalue weighted by molar-refractivity contribution is 0.0698. The summed E-state index contributed by atoms with van der Waals surface area (Å²) in [5, 5.41) is 18.1. The highest BCUT2D eigenvalue weighted by atomic mass is 19.1. The van der Waals surface area contributed by atoms with Gasteiger partial charge in [0.05, 0.1) is 17.3 Å². The van der Waals surface area contributed by atoms with Crippen LogP contribution in [0.1, 0.15) is 58.5 Å². The third kappa shape index (κ3) is 4.14. The fourth-order valence-electron chi connectivity index (χ4n) is 5.58. The van der Waals surface area contributed by atoms with Crippen LogP contribution in [-0.4, -0.2) is 30.2 Å². The van der Waals surface area contributed by atoms with E-state index in [1.165, 1.54) is 16.5 Å². The zero-order chi connectivity index (χ0) is 27.4. The molecule has 0 fully saturated rings. The number of pyridine rings is 1. The van der Waals surface area contributed by atoms with E-state index in [9.17, 15) is 14.7 Å². The number of nitrogens with zero attached hydrogens (tertiary/aromatic N) is 4. The van der Waals surface area contributed by atoms with Gasteiger partial charge in [0.15, 0.2) is 5.82 Å². The first-order chi connectivity index (χ1) is 18.7. The molecule has 39 heavy (non-hydrogen) atoms.